The summed E-state index contributed by atoms with van der Waals surface area (Å²) in [4.78, 5) is 15.7. The molecular formula is C25H27Cl2NO2. The van der Waals surface area contributed by atoms with Gasteiger partial charge in [0.1, 0.15) is 12.2 Å². The van der Waals surface area contributed by atoms with Crippen molar-refractivity contribution in [3.05, 3.63) is 82.4 Å². The van der Waals surface area contributed by atoms with Gasteiger partial charge in [-0.2, -0.15) is 0 Å². The van der Waals surface area contributed by atoms with Crippen LogP contribution < -0.4 is 0 Å². The minimum atomic E-state index is -0.539. The Morgan fingerprint density at radius 2 is 1.87 bits per heavy atom. The van der Waals surface area contributed by atoms with E-state index in [0.717, 1.165) is 17.5 Å². The normalized spacial score (nSPS) is 25.2. The first-order valence-corrected chi connectivity index (χ1v) is 11.4. The molecule has 1 aliphatic heterocycles. The van der Waals surface area contributed by atoms with Crippen molar-refractivity contribution in [2.24, 2.45) is 5.92 Å². The highest BCUT2D eigenvalue weighted by Gasteiger charge is 2.49. The second-order valence-corrected chi connectivity index (χ2v) is 9.05. The summed E-state index contributed by atoms with van der Waals surface area (Å²) in [5.74, 6) is 0.600. The fourth-order valence-electron chi connectivity index (χ4n) is 4.61. The van der Waals surface area contributed by atoms with Gasteiger partial charge in [0, 0.05) is 22.5 Å². The van der Waals surface area contributed by atoms with Crippen LogP contribution in [0.5, 0.6) is 0 Å². The number of rotatable bonds is 7. The fraction of sp³-hybridized carbons (Fsp3) is 0.400. The molecule has 1 aliphatic carbocycles. The number of benzene rings is 2. The van der Waals surface area contributed by atoms with E-state index in [2.05, 4.69) is 18.4 Å². The molecule has 2 fully saturated rings. The molecule has 2 aromatic rings. The average molecular weight is 444 g/mol. The summed E-state index contributed by atoms with van der Waals surface area (Å²) in [6.07, 6.45) is 4.65. The van der Waals surface area contributed by atoms with Crippen LogP contribution in [0, 0.1) is 5.92 Å². The summed E-state index contributed by atoms with van der Waals surface area (Å²) in [5, 5.41) is 1.33. The predicted molar refractivity (Wildman–Crippen MR) is 122 cm³/mol. The van der Waals surface area contributed by atoms with Crippen LogP contribution in [0.15, 0.2) is 61.2 Å². The van der Waals surface area contributed by atoms with Gasteiger partial charge in [-0.3, -0.25) is 4.79 Å². The van der Waals surface area contributed by atoms with Crippen molar-refractivity contribution in [2.45, 2.75) is 56.9 Å². The zero-order valence-corrected chi connectivity index (χ0v) is 18.6. The molecule has 1 saturated heterocycles. The number of nitrogens with zero attached hydrogens (tertiary/aromatic N) is 1. The van der Waals surface area contributed by atoms with Crippen LogP contribution in [0.2, 0.25) is 10.0 Å². The summed E-state index contributed by atoms with van der Waals surface area (Å²) in [6, 6.07) is 15.5. The largest absolute Gasteiger partial charge is 0.358 e. The number of halogens is 2. The van der Waals surface area contributed by atoms with E-state index in [1.807, 2.05) is 48.5 Å². The second-order valence-electron chi connectivity index (χ2n) is 8.18. The molecule has 2 aliphatic rings. The molecule has 0 N–H and O–H groups in total. The highest BCUT2D eigenvalue weighted by molar-refractivity contribution is 6.30. The van der Waals surface area contributed by atoms with Gasteiger partial charge >= 0.3 is 0 Å². The van der Waals surface area contributed by atoms with Gasteiger partial charge < -0.3 is 9.64 Å². The highest BCUT2D eigenvalue weighted by Crippen LogP contribution is 2.48. The first-order valence-electron chi connectivity index (χ1n) is 10.6. The second kappa shape index (κ2) is 9.13. The average Bonchev–Trinajstić information content (AvgIpc) is 3.57. The Kier molecular flexibility index (Phi) is 6.52. The van der Waals surface area contributed by atoms with Gasteiger partial charge in [-0.15, -0.1) is 6.58 Å². The van der Waals surface area contributed by atoms with E-state index in [0.29, 0.717) is 22.4 Å². The Labute approximate surface area is 188 Å². The molecule has 4 atom stereocenters. The maximum absolute atomic E-state index is 13.6. The number of carbonyl (C=O) groups excluding carboxylic acids is 1. The zero-order chi connectivity index (χ0) is 21.3. The van der Waals surface area contributed by atoms with Crippen LogP contribution in [-0.2, 0) is 9.53 Å². The third-order valence-corrected chi connectivity index (χ3v) is 6.63. The van der Waals surface area contributed by atoms with Gasteiger partial charge in [0.05, 0.1) is 6.04 Å². The van der Waals surface area contributed by atoms with Crippen molar-refractivity contribution in [1.29, 1.82) is 0 Å². The number of carbonyl (C=O) groups is 1. The number of morpholine rings is 1. The van der Waals surface area contributed by atoms with Crippen LogP contribution in [0.3, 0.4) is 0 Å². The van der Waals surface area contributed by atoms with Gasteiger partial charge in [0.25, 0.3) is 5.91 Å². The molecule has 0 spiro atoms. The van der Waals surface area contributed by atoms with Crippen LogP contribution in [0.25, 0.3) is 0 Å². The number of hydrogen-bond donors (Lipinski definition) is 0. The molecule has 1 amide bonds. The lowest BCUT2D eigenvalue weighted by Gasteiger charge is -2.48. The maximum Gasteiger partial charge on any atom is 0.252 e. The van der Waals surface area contributed by atoms with Gasteiger partial charge in [-0.05, 0) is 60.6 Å². The molecule has 0 aromatic heterocycles. The summed E-state index contributed by atoms with van der Waals surface area (Å²) in [7, 11) is 0. The molecule has 2 aromatic carbocycles. The monoisotopic (exact) mass is 443 g/mol. The van der Waals surface area contributed by atoms with Crippen LogP contribution in [0.1, 0.15) is 55.9 Å². The molecule has 0 bridgehead atoms. The first-order chi connectivity index (χ1) is 14.5. The van der Waals surface area contributed by atoms with Gasteiger partial charge in [0.2, 0.25) is 0 Å². The predicted octanol–water partition coefficient (Wildman–Crippen LogP) is 6.77. The summed E-state index contributed by atoms with van der Waals surface area (Å²) >= 11 is 12.5. The van der Waals surface area contributed by atoms with E-state index in [4.69, 9.17) is 27.9 Å². The Morgan fingerprint density at radius 1 is 1.13 bits per heavy atom. The lowest BCUT2D eigenvalue weighted by atomic mass is 9.88. The van der Waals surface area contributed by atoms with Crippen molar-refractivity contribution >= 4 is 29.1 Å². The number of ether oxygens (including phenoxy) is 1. The maximum atomic E-state index is 13.6. The van der Waals surface area contributed by atoms with E-state index in [9.17, 15) is 4.79 Å². The molecule has 30 heavy (non-hydrogen) atoms. The molecule has 3 nitrogen and oxygen atoms in total. The molecule has 1 heterocycles. The van der Waals surface area contributed by atoms with Gasteiger partial charge in [-0.1, -0.05) is 60.5 Å². The Balaban J connectivity index is 1.84. The zero-order valence-electron chi connectivity index (χ0n) is 17.1. The minimum absolute atomic E-state index is 0.0480. The molecular weight excluding hydrogens is 417 g/mol. The van der Waals surface area contributed by atoms with Crippen molar-refractivity contribution in [3.63, 3.8) is 0 Å². The summed E-state index contributed by atoms with van der Waals surface area (Å²) in [5.41, 5.74) is 1.99. The lowest BCUT2D eigenvalue weighted by molar-refractivity contribution is -0.180. The van der Waals surface area contributed by atoms with Crippen LogP contribution in [-0.4, -0.2) is 23.0 Å². The highest BCUT2D eigenvalue weighted by atomic mass is 35.5. The molecule has 0 radical (unpaired) electrons. The quantitative estimate of drug-likeness (QED) is 0.441. The van der Waals surface area contributed by atoms with Crippen molar-refractivity contribution in [1.82, 2.24) is 4.90 Å². The number of amides is 1. The lowest BCUT2D eigenvalue weighted by Crippen LogP contribution is -2.55. The Bertz CT molecular complexity index is 910. The smallest absolute Gasteiger partial charge is 0.252 e. The van der Waals surface area contributed by atoms with Crippen molar-refractivity contribution in [2.75, 3.05) is 0 Å². The molecule has 4 rings (SSSR count). The summed E-state index contributed by atoms with van der Waals surface area (Å²) in [6.45, 7) is 6.01. The van der Waals surface area contributed by atoms with E-state index in [1.165, 1.54) is 12.8 Å². The third-order valence-electron chi connectivity index (χ3n) is 6.14. The standard InChI is InChI=1S/C25H27Cl2NO2/c1-3-6-22-25(29)28(21(4-2)16-9-10-16)23(17-11-13-19(26)14-12-17)24(30-22)18-7-5-8-20(27)15-18/h3,5,7-8,11-16,21-24H,1,4,6,9-10H2,2H3/t21-,22-,23+,24-/m0/s1. The van der Waals surface area contributed by atoms with Crippen LogP contribution in [0.4, 0.5) is 0 Å². The van der Waals surface area contributed by atoms with E-state index in [1.54, 1.807) is 6.08 Å². The van der Waals surface area contributed by atoms with Gasteiger partial charge in [-0.25, -0.2) is 0 Å². The number of hydrogen-bond acceptors (Lipinski definition) is 2. The molecule has 1 saturated carbocycles. The molecule has 5 heteroatoms. The Hall–Kier alpha value is -1.81. The van der Waals surface area contributed by atoms with E-state index in [-0.39, 0.29) is 24.1 Å². The first kappa shape index (κ1) is 21.4. The SMILES string of the molecule is C=CC[C@@H]1O[C@@H](c2cccc(Cl)c2)[C@@H](c2ccc(Cl)cc2)N([C@@H](CC)C2CC2)C1=O. The van der Waals surface area contributed by atoms with Crippen molar-refractivity contribution in [3.8, 4) is 0 Å². The third kappa shape index (κ3) is 4.30. The van der Waals surface area contributed by atoms with E-state index < -0.39 is 6.10 Å². The van der Waals surface area contributed by atoms with Crippen molar-refractivity contribution < 1.29 is 9.53 Å². The summed E-state index contributed by atoms with van der Waals surface area (Å²) < 4.78 is 6.45. The van der Waals surface area contributed by atoms with E-state index >= 15 is 0 Å². The van der Waals surface area contributed by atoms with Crippen LogP contribution >= 0.6 is 23.2 Å². The molecule has 158 valence electrons. The minimum Gasteiger partial charge on any atom is -0.358 e. The Morgan fingerprint density at radius 3 is 2.47 bits per heavy atom. The molecule has 0 unspecified atom stereocenters. The fourth-order valence-corrected chi connectivity index (χ4v) is 4.94. The van der Waals surface area contributed by atoms with Gasteiger partial charge in [0.15, 0.2) is 0 Å². The topological polar surface area (TPSA) is 29.5 Å².